The molecule has 1 aromatic rings. The summed E-state index contributed by atoms with van der Waals surface area (Å²) in [5.41, 5.74) is 3.28. The average Bonchev–Trinajstić information content (AvgIpc) is 2.43. The zero-order valence-corrected chi connectivity index (χ0v) is 12.0. The minimum absolute atomic E-state index is 0.0610. The Balaban J connectivity index is 2.47. The standard InChI is InChI=1S/C15H22N2O3/c1-3-11-7-8-13(10-12(11)4-2)17-15(20)16-9-5-6-14(18)19/h7-8,10H,3-6,9H2,1-2H3,(H,18,19)(H2,16,17,20). The molecule has 0 heterocycles. The third-order valence-electron chi connectivity index (χ3n) is 3.08. The van der Waals surface area contributed by atoms with Crippen LogP contribution < -0.4 is 10.6 Å². The molecule has 2 amide bonds. The van der Waals surface area contributed by atoms with Crippen LogP contribution in [0.25, 0.3) is 0 Å². The van der Waals surface area contributed by atoms with Crippen molar-refractivity contribution in [1.82, 2.24) is 5.32 Å². The van der Waals surface area contributed by atoms with Crippen LogP contribution >= 0.6 is 0 Å². The predicted octanol–water partition coefficient (Wildman–Crippen LogP) is 2.80. The van der Waals surface area contributed by atoms with Crippen molar-refractivity contribution in [1.29, 1.82) is 0 Å². The molecule has 0 bridgehead atoms. The summed E-state index contributed by atoms with van der Waals surface area (Å²) in [5.74, 6) is -0.852. The average molecular weight is 278 g/mol. The van der Waals surface area contributed by atoms with Crippen LogP contribution in [-0.4, -0.2) is 23.7 Å². The van der Waals surface area contributed by atoms with Gasteiger partial charge in [-0.25, -0.2) is 4.79 Å². The number of aryl methyl sites for hydroxylation is 2. The first-order chi connectivity index (χ1) is 9.56. The highest BCUT2D eigenvalue weighted by Gasteiger charge is 2.05. The quantitative estimate of drug-likeness (QED) is 0.671. The van der Waals surface area contributed by atoms with Crippen molar-refractivity contribution >= 4 is 17.7 Å². The normalized spacial score (nSPS) is 10.1. The second-order valence-corrected chi connectivity index (χ2v) is 4.57. The van der Waals surface area contributed by atoms with Crippen LogP contribution in [0.4, 0.5) is 10.5 Å². The Morgan fingerprint density at radius 1 is 1.15 bits per heavy atom. The van der Waals surface area contributed by atoms with E-state index in [1.165, 1.54) is 11.1 Å². The van der Waals surface area contributed by atoms with Crippen LogP contribution in [0.1, 0.15) is 37.8 Å². The van der Waals surface area contributed by atoms with Gasteiger partial charge < -0.3 is 15.7 Å². The van der Waals surface area contributed by atoms with E-state index in [0.29, 0.717) is 13.0 Å². The zero-order chi connectivity index (χ0) is 15.0. The van der Waals surface area contributed by atoms with Crippen LogP contribution in [0.2, 0.25) is 0 Å². The molecular formula is C15H22N2O3. The van der Waals surface area contributed by atoms with E-state index in [2.05, 4.69) is 24.5 Å². The molecular weight excluding hydrogens is 256 g/mol. The van der Waals surface area contributed by atoms with Gasteiger partial charge in [0.15, 0.2) is 0 Å². The van der Waals surface area contributed by atoms with Gasteiger partial charge in [0.1, 0.15) is 0 Å². The summed E-state index contributed by atoms with van der Waals surface area (Å²) in [4.78, 5) is 22.0. The first kappa shape index (κ1) is 16.0. The van der Waals surface area contributed by atoms with E-state index >= 15 is 0 Å². The smallest absolute Gasteiger partial charge is 0.319 e. The predicted molar refractivity (Wildman–Crippen MR) is 79.1 cm³/mol. The lowest BCUT2D eigenvalue weighted by molar-refractivity contribution is -0.137. The monoisotopic (exact) mass is 278 g/mol. The molecule has 0 unspecified atom stereocenters. The molecule has 20 heavy (non-hydrogen) atoms. The molecule has 0 aromatic heterocycles. The fourth-order valence-corrected chi connectivity index (χ4v) is 1.99. The highest BCUT2D eigenvalue weighted by Crippen LogP contribution is 2.17. The number of carboxylic acid groups (broad SMARTS) is 1. The Hall–Kier alpha value is -2.04. The van der Waals surface area contributed by atoms with E-state index in [1.54, 1.807) is 0 Å². The maximum atomic E-state index is 11.6. The van der Waals surface area contributed by atoms with Gasteiger partial charge in [-0.05, 0) is 42.5 Å². The summed E-state index contributed by atoms with van der Waals surface area (Å²) >= 11 is 0. The Kier molecular flexibility index (Phi) is 6.56. The van der Waals surface area contributed by atoms with Crippen LogP contribution in [0.15, 0.2) is 18.2 Å². The van der Waals surface area contributed by atoms with Crippen molar-refractivity contribution in [2.75, 3.05) is 11.9 Å². The van der Waals surface area contributed by atoms with Crippen LogP contribution in [0.3, 0.4) is 0 Å². The molecule has 110 valence electrons. The Morgan fingerprint density at radius 2 is 1.85 bits per heavy atom. The number of nitrogens with one attached hydrogen (secondary N) is 2. The number of carbonyl (C=O) groups excluding carboxylic acids is 1. The maximum absolute atomic E-state index is 11.6. The van der Waals surface area contributed by atoms with Gasteiger partial charge in [-0.15, -0.1) is 0 Å². The second-order valence-electron chi connectivity index (χ2n) is 4.57. The van der Waals surface area contributed by atoms with Gasteiger partial charge in [0.2, 0.25) is 0 Å². The fourth-order valence-electron chi connectivity index (χ4n) is 1.99. The van der Waals surface area contributed by atoms with Crippen LogP contribution in [0, 0.1) is 0 Å². The van der Waals surface area contributed by atoms with Crippen molar-refractivity contribution in [2.24, 2.45) is 0 Å². The number of hydrogen-bond donors (Lipinski definition) is 3. The van der Waals surface area contributed by atoms with Gasteiger partial charge in [-0.3, -0.25) is 4.79 Å². The number of amides is 2. The van der Waals surface area contributed by atoms with Gasteiger partial charge in [0.25, 0.3) is 0 Å². The second kappa shape index (κ2) is 8.19. The van der Waals surface area contributed by atoms with Crippen molar-refractivity contribution in [2.45, 2.75) is 39.5 Å². The highest BCUT2D eigenvalue weighted by atomic mass is 16.4. The van der Waals surface area contributed by atoms with Crippen molar-refractivity contribution in [3.05, 3.63) is 29.3 Å². The Labute approximate surface area is 119 Å². The van der Waals surface area contributed by atoms with Crippen molar-refractivity contribution in [3.8, 4) is 0 Å². The summed E-state index contributed by atoms with van der Waals surface area (Å²) in [6.45, 7) is 4.55. The SMILES string of the molecule is CCc1ccc(NC(=O)NCCCC(=O)O)cc1CC. The molecule has 0 saturated heterocycles. The van der Waals surface area contributed by atoms with E-state index in [1.807, 2.05) is 18.2 Å². The third-order valence-corrected chi connectivity index (χ3v) is 3.08. The summed E-state index contributed by atoms with van der Waals surface area (Å²) in [6, 6.07) is 5.59. The molecule has 1 aromatic carbocycles. The molecule has 0 atom stereocenters. The summed E-state index contributed by atoms with van der Waals surface area (Å²) in [7, 11) is 0. The number of benzene rings is 1. The lowest BCUT2D eigenvalue weighted by Crippen LogP contribution is -2.29. The largest absolute Gasteiger partial charge is 0.481 e. The lowest BCUT2D eigenvalue weighted by atomic mass is 10.0. The van der Waals surface area contributed by atoms with E-state index in [0.717, 1.165) is 18.5 Å². The lowest BCUT2D eigenvalue weighted by Gasteiger charge is -2.11. The van der Waals surface area contributed by atoms with E-state index < -0.39 is 5.97 Å². The van der Waals surface area contributed by atoms with Crippen LogP contribution in [-0.2, 0) is 17.6 Å². The van der Waals surface area contributed by atoms with E-state index in [-0.39, 0.29) is 12.5 Å². The molecule has 0 spiro atoms. The van der Waals surface area contributed by atoms with Crippen molar-refractivity contribution in [3.63, 3.8) is 0 Å². The zero-order valence-electron chi connectivity index (χ0n) is 12.0. The first-order valence-corrected chi connectivity index (χ1v) is 6.95. The van der Waals surface area contributed by atoms with Crippen molar-refractivity contribution < 1.29 is 14.7 Å². The van der Waals surface area contributed by atoms with Gasteiger partial charge >= 0.3 is 12.0 Å². The van der Waals surface area contributed by atoms with Gasteiger partial charge in [-0.2, -0.15) is 0 Å². The first-order valence-electron chi connectivity index (χ1n) is 6.95. The number of rotatable bonds is 7. The summed E-state index contributed by atoms with van der Waals surface area (Å²) < 4.78 is 0. The summed E-state index contributed by atoms with van der Waals surface area (Å²) in [6.07, 6.45) is 2.40. The Morgan fingerprint density at radius 3 is 2.45 bits per heavy atom. The molecule has 5 nitrogen and oxygen atoms in total. The highest BCUT2D eigenvalue weighted by molar-refractivity contribution is 5.89. The molecule has 0 fully saturated rings. The maximum Gasteiger partial charge on any atom is 0.319 e. The van der Waals surface area contributed by atoms with Gasteiger partial charge in [-0.1, -0.05) is 19.9 Å². The molecule has 5 heteroatoms. The Bertz CT molecular complexity index is 472. The minimum atomic E-state index is -0.852. The molecule has 0 aliphatic carbocycles. The van der Waals surface area contributed by atoms with Gasteiger partial charge in [0, 0.05) is 18.7 Å². The number of carboxylic acids is 1. The van der Waals surface area contributed by atoms with Gasteiger partial charge in [0.05, 0.1) is 0 Å². The molecule has 0 aliphatic heterocycles. The fraction of sp³-hybridized carbons (Fsp3) is 0.467. The van der Waals surface area contributed by atoms with Crippen LogP contribution in [0.5, 0.6) is 0 Å². The number of carbonyl (C=O) groups is 2. The summed E-state index contributed by atoms with van der Waals surface area (Å²) in [5, 5.41) is 13.9. The number of aliphatic carboxylic acids is 1. The third kappa shape index (κ3) is 5.30. The number of hydrogen-bond acceptors (Lipinski definition) is 2. The molecule has 1 rings (SSSR count). The molecule has 0 radical (unpaired) electrons. The minimum Gasteiger partial charge on any atom is -0.481 e. The molecule has 0 aliphatic rings. The number of urea groups is 1. The number of anilines is 1. The molecule has 3 N–H and O–H groups in total. The van der Waals surface area contributed by atoms with E-state index in [4.69, 9.17) is 5.11 Å². The van der Waals surface area contributed by atoms with E-state index in [9.17, 15) is 9.59 Å². The topological polar surface area (TPSA) is 78.4 Å². The molecule has 0 saturated carbocycles.